The molecule has 0 N–H and O–H groups in total. The van der Waals surface area contributed by atoms with Crippen LogP contribution >= 0.6 is 11.6 Å². The van der Waals surface area contributed by atoms with Crippen LogP contribution in [0.4, 0.5) is 10.1 Å². The van der Waals surface area contributed by atoms with Gasteiger partial charge in [-0.2, -0.15) is 0 Å². The van der Waals surface area contributed by atoms with Crippen LogP contribution in [0.15, 0.2) is 18.2 Å². The van der Waals surface area contributed by atoms with Crippen LogP contribution in [0, 0.1) is 11.2 Å². The van der Waals surface area contributed by atoms with Gasteiger partial charge < -0.3 is 4.90 Å². The molecule has 1 fully saturated rings. The van der Waals surface area contributed by atoms with Crippen LogP contribution < -0.4 is 4.90 Å². The zero-order valence-electron chi connectivity index (χ0n) is 11.2. The van der Waals surface area contributed by atoms with E-state index in [1.165, 1.54) is 25.3 Å². The van der Waals surface area contributed by atoms with Crippen molar-refractivity contribution in [1.29, 1.82) is 0 Å². The molecule has 0 amide bonds. The molecule has 1 aromatic rings. The van der Waals surface area contributed by atoms with E-state index in [1.807, 2.05) is 6.07 Å². The molecule has 1 nitrogen and oxygen atoms in total. The molecule has 1 aliphatic heterocycles. The quantitative estimate of drug-likeness (QED) is 0.726. The van der Waals surface area contributed by atoms with E-state index in [4.69, 9.17) is 11.6 Å². The van der Waals surface area contributed by atoms with E-state index in [2.05, 4.69) is 18.7 Å². The minimum atomic E-state index is -0.204. The van der Waals surface area contributed by atoms with Crippen molar-refractivity contribution >= 4 is 17.3 Å². The normalized spacial score (nSPS) is 19.0. The van der Waals surface area contributed by atoms with Crippen molar-refractivity contribution < 1.29 is 4.39 Å². The van der Waals surface area contributed by atoms with E-state index in [-0.39, 0.29) is 5.82 Å². The average molecular weight is 270 g/mol. The van der Waals surface area contributed by atoms with Gasteiger partial charge in [0.15, 0.2) is 0 Å². The summed E-state index contributed by atoms with van der Waals surface area (Å²) in [5, 5.41) is 0. The fourth-order valence-electron chi connectivity index (χ4n) is 2.61. The van der Waals surface area contributed by atoms with Crippen LogP contribution in [0.1, 0.15) is 38.7 Å². The van der Waals surface area contributed by atoms with Crippen LogP contribution in [0.3, 0.4) is 0 Å². The molecule has 3 heteroatoms. The van der Waals surface area contributed by atoms with Crippen molar-refractivity contribution in [2.75, 3.05) is 18.0 Å². The van der Waals surface area contributed by atoms with Crippen LogP contribution in [0.5, 0.6) is 0 Å². The molecule has 100 valence electrons. The van der Waals surface area contributed by atoms with Crippen LogP contribution in [-0.2, 0) is 5.88 Å². The summed E-state index contributed by atoms with van der Waals surface area (Å²) in [4.78, 5) is 2.34. The molecule has 1 aromatic carbocycles. The zero-order valence-corrected chi connectivity index (χ0v) is 11.9. The predicted molar refractivity (Wildman–Crippen MR) is 75.8 cm³/mol. The molecular formula is C15H21ClFN. The molecular weight excluding hydrogens is 249 g/mol. The molecule has 0 spiro atoms. The number of rotatable bonds is 3. The molecule has 0 aliphatic carbocycles. The number of benzene rings is 1. The molecule has 1 saturated heterocycles. The second kappa shape index (κ2) is 5.48. The summed E-state index contributed by atoms with van der Waals surface area (Å²) in [7, 11) is 0. The molecule has 0 saturated carbocycles. The summed E-state index contributed by atoms with van der Waals surface area (Å²) in [6.07, 6.45) is 3.62. The van der Waals surface area contributed by atoms with Gasteiger partial charge in [0, 0.05) is 24.7 Å². The Kier molecular flexibility index (Phi) is 4.16. The lowest BCUT2D eigenvalue weighted by atomic mass is 9.78. The predicted octanol–water partition coefficient (Wildman–Crippen LogP) is 4.58. The molecule has 2 rings (SSSR count). The number of nitrogens with zero attached hydrogens (tertiary/aromatic N) is 1. The molecule has 1 heterocycles. The van der Waals surface area contributed by atoms with Gasteiger partial charge in [-0.15, -0.1) is 11.6 Å². The van der Waals surface area contributed by atoms with Crippen LogP contribution in [0.25, 0.3) is 0 Å². The Morgan fingerprint density at radius 1 is 1.33 bits per heavy atom. The second-order valence-corrected chi connectivity index (χ2v) is 5.83. The number of alkyl halides is 1. The van der Waals surface area contributed by atoms with Gasteiger partial charge in [-0.1, -0.05) is 20.3 Å². The van der Waals surface area contributed by atoms with Crippen molar-refractivity contribution in [3.05, 3.63) is 29.6 Å². The van der Waals surface area contributed by atoms with Gasteiger partial charge in [-0.05, 0) is 42.0 Å². The van der Waals surface area contributed by atoms with E-state index in [1.54, 1.807) is 6.07 Å². The lowest BCUT2D eigenvalue weighted by Gasteiger charge is -2.40. The standard InChI is InChI=1S/C15H21ClFN/c1-3-15(2)6-8-18(9-7-15)14-5-4-13(17)10-12(14)11-16/h4-5,10H,3,6-9,11H2,1-2H3. The van der Waals surface area contributed by atoms with E-state index < -0.39 is 0 Å². The van der Waals surface area contributed by atoms with Gasteiger partial charge >= 0.3 is 0 Å². The smallest absolute Gasteiger partial charge is 0.123 e. The van der Waals surface area contributed by atoms with Crippen molar-refractivity contribution in [1.82, 2.24) is 0 Å². The number of anilines is 1. The van der Waals surface area contributed by atoms with Gasteiger partial charge in [-0.3, -0.25) is 0 Å². The third-order valence-corrected chi connectivity index (χ3v) is 4.64. The highest BCUT2D eigenvalue weighted by atomic mass is 35.5. The fraction of sp³-hybridized carbons (Fsp3) is 0.600. The first-order chi connectivity index (χ1) is 8.58. The molecule has 1 aliphatic rings. The van der Waals surface area contributed by atoms with Crippen molar-refractivity contribution in [2.24, 2.45) is 5.41 Å². The molecule has 0 bridgehead atoms. The monoisotopic (exact) mass is 269 g/mol. The SMILES string of the molecule is CCC1(C)CCN(c2ccc(F)cc2CCl)CC1. The summed E-state index contributed by atoms with van der Waals surface area (Å²) < 4.78 is 13.2. The van der Waals surface area contributed by atoms with Gasteiger partial charge in [0.25, 0.3) is 0 Å². The molecule has 0 aromatic heterocycles. The van der Waals surface area contributed by atoms with E-state index >= 15 is 0 Å². The van der Waals surface area contributed by atoms with Gasteiger partial charge in [0.2, 0.25) is 0 Å². The molecule has 0 unspecified atom stereocenters. The van der Waals surface area contributed by atoms with Gasteiger partial charge in [-0.25, -0.2) is 4.39 Å². The maximum Gasteiger partial charge on any atom is 0.123 e. The summed E-state index contributed by atoms with van der Waals surface area (Å²) in [6.45, 7) is 6.70. The lowest BCUT2D eigenvalue weighted by molar-refractivity contribution is 0.238. The Bertz CT molecular complexity index is 411. The lowest BCUT2D eigenvalue weighted by Crippen LogP contribution is -2.38. The summed E-state index contributed by atoms with van der Waals surface area (Å²) in [5.74, 6) is 0.166. The highest BCUT2D eigenvalue weighted by molar-refractivity contribution is 6.17. The molecule has 18 heavy (non-hydrogen) atoms. The van der Waals surface area contributed by atoms with E-state index in [0.29, 0.717) is 11.3 Å². The highest BCUT2D eigenvalue weighted by Crippen LogP contribution is 2.36. The number of halogens is 2. The third kappa shape index (κ3) is 2.80. The number of piperidine rings is 1. The first-order valence-corrected chi connectivity index (χ1v) is 7.21. The Balaban J connectivity index is 2.14. The summed E-state index contributed by atoms with van der Waals surface area (Å²) in [6, 6.07) is 4.94. The number of hydrogen-bond acceptors (Lipinski definition) is 1. The molecule has 0 atom stereocenters. The second-order valence-electron chi connectivity index (χ2n) is 5.56. The Morgan fingerprint density at radius 2 is 2.00 bits per heavy atom. The topological polar surface area (TPSA) is 3.24 Å². The van der Waals surface area contributed by atoms with Gasteiger partial charge in [0.1, 0.15) is 5.82 Å². The van der Waals surface area contributed by atoms with Crippen LogP contribution in [0.2, 0.25) is 0 Å². The highest BCUT2D eigenvalue weighted by Gasteiger charge is 2.28. The Labute approximate surface area is 114 Å². The Morgan fingerprint density at radius 3 is 2.56 bits per heavy atom. The maximum absolute atomic E-state index is 13.2. The minimum absolute atomic E-state index is 0.204. The summed E-state index contributed by atoms with van der Waals surface area (Å²) >= 11 is 5.91. The average Bonchev–Trinajstić information content (AvgIpc) is 2.40. The first kappa shape index (κ1) is 13.7. The van der Waals surface area contributed by atoms with Crippen LogP contribution in [-0.4, -0.2) is 13.1 Å². The first-order valence-electron chi connectivity index (χ1n) is 6.67. The van der Waals surface area contributed by atoms with E-state index in [0.717, 1.165) is 24.3 Å². The van der Waals surface area contributed by atoms with Gasteiger partial charge in [0.05, 0.1) is 0 Å². The largest absolute Gasteiger partial charge is 0.371 e. The maximum atomic E-state index is 13.2. The minimum Gasteiger partial charge on any atom is -0.371 e. The number of hydrogen-bond donors (Lipinski definition) is 0. The summed E-state index contributed by atoms with van der Waals surface area (Å²) in [5.41, 5.74) is 2.47. The third-order valence-electron chi connectivity index (χ3n) is 4.35. The van der Waals surface area contributed by atoms with E-state index in [9.17, 15) is 4.39 Å². The molecule has 0 radical (unpaired) electrons. The fourth-order valence-corrected chi connectivity index (χ4v) is 2.82. The zero-order chi connectivity index (χ0) is 13.2. The van der Waals surface area contributed by atoms with Crippen molar-refractivity contribution in [3.63, 3.8) is 0 Å². The van der Waals surface area contributed by atoms with Crippen molar-refractivity contribution in [3.8, 4) is 0 Å². The van der Waals surface area contributed by atoms with Crippen molar-refractivity contribution in [2.45, 2.75) is 39.0 Å². The Hall–Kier alpha value is -0.760.